The fraction of sp³-hybridized carbons (Fsp3) is 0.650. The molecule has 1 aliphatic carbocycles. The highest BCUT2D eigenvalue weighted by Gasteiger charge is 2.23. The first-order valence-corrected chi connectivity index (χ1v) is 9.10. The van der Waals surface area contributed by atoms with Crippen molar-refractivity contribution in [2.75, 3.05) is 6.61 Å². The van der Waals surface area contributed by atoms with Crippen molar-refractivity contribution >= 4 is 5.97 Å². The van der Waals surface area contributed by atoms with E-state index in [-0.39, 0.29) is 12.0 Å². The number of esters is 1. The fourth-order valence-electron chi connectivity index (χ4n) is 3.51. The highest BCUT2D eigenvalue weighted by molar-refractivity contribution is 5.69. The number of hydrogen-bond acceptors (Lipinski definition) is 3. The Morgan fingerprint density at radius 2 is 2.09 bits per heavy atom. The Labute approximate surface area is 140 Å². The average Bonchev–Trinajstić information content (AvgIpc) is 2.90. The molecule has 1 aromatic rings. The van der Waals surface area contributed by atoms with Gasteiger partial charge in [0.25, 0.3) is 0 Å². The Bertz CT molecular complexity index is 539. The summed E-state index contributed by atoms with van der Waals surface area (Å²) in [5, 5.41) is 0. The van der Waals surface area contributed by atoms with E-state index in [0.29, 0.717) is 18.9 Å². The van der Waals surface area contributed by atoms with Crippen LogP contribution in [0.1, 0.15) is 74.6 Å². The second kappa shape index (κ2) is 8.49. The standard InChI is InChI=1S/C20H31NO2/c1-4-14(3)18-11-15(8-6-7-9-20(22)23-5-2)10-16-12-17(21)13-19(16)18/h10-11,14,17H,4-9,12-13,21H2,1-3H3. The number of nitrogens with two attached hydrogens (primary N) is 1. The number of fused-ring (bicyclic) bond motifs is 1. The molecule has 23 heavy (non-hydrogen) atoms. The number of unbranched alkanes of at least 4 members (excludes halogenated alkanes) is 1. The quantitative estimate of drug-likeness (QED) is 0.584. The third-order valence-corrected chi connectivity index (χ3v) is 4.93. The zero-order valence-corrected chi connectivity index (χ0v) is 14.9. The molecule has 2 N–H and O–H groups in total. The second-order valence-electron chi connectivity index (χ2n) is 6.81. The maximum atomic E-state index is 11.4. The topological polar surface area (TPSA) is 52.3 Å². The second-order valence-corrected chi connectivity index (χ2v) is 6.81. The van der Waals surface area contributed by atoms with Crippen LogP contribution >= 0.6 is 0 Å². The van der Waals surface area contributed by atoms with Crippen LogP contribution in [0.4, 0.5) is 0 Å². The van der Waals surface area contributed by atoms with Gasteiger partial charge in [0.15, 0.2) is 0 Å². The van der Waals surface area contributed by atoms with Gasteiger partial charge in [-0.05, 0) is 73.6 Å². The monoisotopic (exact) mass is 317 g/mol. The van der Waals surface area contributed by atoms with Crippen molar-refractivity contribution in [3.63, 3.8) is 0 Å². The molecule has 2 atom stereocenters. The summed E-state index contributed by atoms with van der Waals surface area (Å²) in [5.74, 6) is 0.515. The summed E-state index contributed by atoms with van der Waals surface area (Å²) in [6.07, 6.45) is 6.69. The molecule has 3 nitrogen and oxygen atoms in total. The first-order valence-electron chi connectivity index (χ1n) is 9.10. The van der Waals surface area contributed by atoms with Crippen LogP contribution in [-0.2, 0) is 28.8 Å². The number of ether oxygens (including phenoxy) is 1. The number of benzene rings is 1. The zero-order valence-electron chi connectivity index (χ0n) is 14.9. The Morgan fingerprint density at radius 3 is 2.78 bits per heavy atom. The molecule has 0 fully saturated rings. The molecule has 0 saturated carbocycles. The number of hydrogen-bond donors (Lipinski definition) is 1. The molecule has 2 rings (SSSR count). The highest BCUT2D eigenvalue weighted by atomic mass is 16.5. The molecule has 128 valence electrons. The van der Waals surface area contributed by atoms with Crippen LogP contribution in [0.15, 0.2) is 12.1 Å². The van der Waals surface area contributed by atoms with Crippen molar-refractivity contribution in [3.05, 3.63) is 34.4 Å². The van der Waals surface area contributed by atoms with Gasteiger partial charge in [-0.2, -0.15) is 0 Å². The van der Waals surface area contributed by atoms with E-state index < -0.39 is 0 Å². The van der Waals surface area contributed by atoms with E-state index in [1.54, 1.807) is 0 Å². The van der Waals surface area contributed by atoms with E-state index in [2.05, 4.69) is 26.0 Å². The van der Waals surface area contributed by atoms with E-state index in [0.717, 1.165) is 38.5 Å². The Balaban J connectivity index is 2.00. The van der Waals surface area contributed by atoms with Gasteiger partial charge in [0.1, 0.15) is 0 Å². The lowest BCUT2D eigenvalue weighted by Crippen LogP contribution is -2.19. The number of aryl methyl sites for hydroxylation is 1. The molecule has 0 saturated heterocycles. The largest absolute Gasteiger partial charge is 0.466 e. The summed E-state index contributed by atoms with van der Waals surface area (Å²) in [4.78, 5) is 11.4. The smallest absolute Gasteiger partial charge is 0.305 e. The third-order valence-electron chi connectivity index (χ3n) is 4.93. The predicted octanol–water partition coefficient (Wildman–Crippen LogP) is 3.90. The van der Waals surface area contributed by atoms with E-state index in [4.69, 9.17) is 10.5 Å². The Morgan fingerprint density at radius 1 is 1.30 bits per heavy atom. The first-order chi connectivity index (χ1) is 11.0. The zero-order chi connectivity index (χ0) is 16.8. The normalized spacial score (nSPS) is 17.8. The Kier molecular flexibility index (Phi) is 6.64. The molecule has 0 amide bonds. The highest BCUT2D eigenvalue weighted by Crippen LogP contribution is 2.33. The van der Waals surface area contributed by atoms with Crippen LogP contribution in [0.2, 0.25) is 0 Å². The molecule has 2 unspecified atom stereocenters. The molecule has 1 aromatic carbocycles. The molecule has 3 heteroatoms. The van der Waals surface area contributed by atoms with Crippen molar-refractivity contribution in [1.82, 2.24) is 0 Å². The third kappa shape index (κ3) is 4.81. The molecule has 0 bridgehead atoms. The van der Waals surface area contributed by atoms with Gasteiger partial charge in [0.2, 0.25) is 0 Å². The van der Waals surface area contributed by atoms with E-state index in [1.165, 1.54) is 22.3 Å². The molecule has 0 aromatic heterocycles. The van der Waals surface area contributed by atoms with Crippen LogP contribution in [0, 0.1) is 0 Å². The van der Waals surface area contributed by atoms with E-state index >= 15 is 0 Å². The van der Waals surface area contributed by atoms with Gasteiger partial charge in [-0.3, -0.25) is 4.79 Å². The maximum absolute atomic E-state index is 11.4. The van der Waals surface area contributed by atoms with E-state index in [9.17, 15) is 4.79 Å². The molecule has 0 heterocycles. The van der Waals surface area contributed by atoms with Crippen LogP contribution in [-0.4, -0.2) is 18.6 Å². The summed E-state index contributed by atoms with van der Waals surface area (Å²) < 4.78 is 4.98. The molecular formula is C20H31NO2. The van der Waals surface area contributed by atoms with E-state index in [1.807, 2.05) is 6.92 Å². The SMILES string of the molecule is CCOC(=O)CCCCc1cc2c(c(C(C)CC)c1)CC(N)C2. The molecule has 0 radical (unpaired) electrons. The lowest BCUT2D eigenvalue weighted by atomic mass is 9.88. The maximum Gasteiger partial charge on any atom is 0.305 e. The van der Waals surface area contributed by atoms with Crippen molar-refractivity contribution < 1.29 is 9.53 Å². The van der Waals surface area contributed by atoms with Crippen LogP contribution in [0.5, 0.6) is 0 Å². The van der Waals surface area contributed by atoms with Crippen LogP contribution in [0.25, 0.3) is 0 Å². The van der Waals surface area contributed by atoms with Gasteiger partial charge in [0, 0.05) is 12.5 Å². The predicted molar refractivity (Wildman–Crippen MR) is 94.7 cm³/mol. The minimum atomic E-state index is -0.0762. The number of rotatable bonds is 8. The summed E-state index contributed by atoms with van der Waals surface area (Å²) in [6.45, 7) is 6.88. The molecular weight excluding hydrogens is 286 g/mol. The summed E-state index contributed by atoms with van der Waals surface area (Å²) in [6, 6.07) is 5.01. The molecule has 0 spiro atoms. The Hall–Kier alpha value is -1.35. The van der Waals surface area contributed by atoms with Gasteiger partial charge < -0.3 is 10.5 Å². The van der Waals surface area contributed by atoms with Crippen molar-refractivity contribution in [2.24, 2.45) is 5.73 Å². The molecule has 0 aliphatic heterocycles. The minimum Gasteiger partial charge on any atom is -0.466 e. The first kappa shape index (κ1) is 18.0. The van der Waals surface area contributed by atoms with Gasteiger partial charge in [-0.15, -0.1) is 0 Å². The van der Waals surface area contributed by atoms with Crippen LogP contribution in [0.3, 0.4) is 0 Å². The van der Waals surface area contributed by atoms with Gasteiger partial charge in [-0.25, -0.2) is 0 Å². The summed E-state index contributed by atoms with van der Waals surface area (Å²) in [5.41, 5.74) is 12.0. The number of carbonyl (C=O) groups excluding carboxylic acids is 1. The van der Waals surface area contributed by atoms with Crippen molar-refractivity contribution in [3.8, 4) is 0 Å². The number of carbonyl (C=O) groups is 1. The fourth-order valence-corrected chi connectivity index (χ4v) is 3.51. The average molecular weight is 317 g/mol. The van der Waals surface area contributed by atoms with Gasteiger partial charge in [0.05, 0.1) is 6.61 Å². The van der Waals surface area contributed by atoms with Crippen LogP contribution < -0.4 is 5.73 Å². The molecule has 1 aliphatic rings. The summed E-state index contributed by atoms with van der Waals surface area (Å²) in [7, 11) is 0. The van der Waals surface area contributed by atoms with Crippen molar-refractivity contribution in [2.45, 2.75) is 77.7 Å². The lowest BCUT2D eigenvalue weighted by Gasteiger charge is -2.17. The minimum absolute atomic E-state index is 0.0762. The lowest BCUT2D eigenvalue weighted by molar-refractivity contribution is -0.143. The van der Waals surface area contributed by atoms with Crippen molar-refractivity contribution in [1.29, 1.82) is 0 Å². The summed E-state index contributed by atoms with van der Waals surface area (Å²) >= 11 is 0. The van der Waals surface area contributed by atoms with Gasteiger partial charge >= 0.3 is 5.97 Å². The van der Waals surface area contributed by atoms with Gasteiger partial charge in [-0.1, -0.05) is 26.0 Å².